The number of benzene rings is 3. The van der Waals surface area contributed by atoms with Gasteiger partial charge >= 0.3 is 0 Å². The number of phenolic OH excluding ortho intramolecular Hbond substituents is 1. The molecule has 3 aromatic carbocycles. The number of hydrogen-bond donors (Lipinski definition) is 2. The Morgan fingerprint density at radius 2 is 1.57 bits per heavy atom. The van der Waals surface area contributed by atoms with Crippen molar-refractivity contribution in [2.45, 2.75) is 18.2 Å². The van der Waals surface area contributed by atoms with Crippen LogP contribution in [-0.2, 0) is 9.47 Å². The second kappa shape index (κ2) is 9.32. The smallest absolute Gasteiger partial charge is 0.231 e. The van der Waals surface area contributed by atoms with Crippen molar-refractivity contribution in [2.24, 2.45) is 11.8 Å². The molecule has 0 aromatic heterocycles. The number of aromatic hydroxyl groups is 1. The van der Waals surface area contributed by atoms with Gasteiger partial charge in [0, 0.05) is 30.6 Å². The molecule has 194 valence electrons. The van der Waals surface area contributed by atoms with Gasteiger partial charge in [0.25, 0.3) is 0 Å². The summed E-state index contributed by atoms with van der Waals surface area (Å²) in [6.07, 6.45) is -0.475. The fraction of sp³-hybridized carbons (Fsp3) is 0.357. The second-order valence-corrected chi connectivity index (χ2v) is 9.39. The van der Waals surface area contributed by atoms with Crippen LogP contribution in [-0.4, -0.2) is 46.1 Å². The minimum Gasteiger partial charge on any atom is -0.502 e. The molecule has 1 aliphatic carbocycles. The molecule has 2 heterocycles. The molecule has 37 heavy (non-hydrogen) atoms. The Bertz CT molecular complexity index is 1290. The van der Waals surface area contributed by atoms with Gasteiger partial charge in [-0.1, -0.05) is 0 Å². The molecular weight excluding hydrogens is 481 g/mol. The van der Waals surface area contributed by atoms with Crippen LogP contribution in [0.2, 0.25) is 0 Å². The van der Waals surface area contributed by atoms with Crippen molar-refractivity contribution in [1.29, 1.82) is 0 Å². The minimum atomic E-state index is -0.475. The molecule has 0 amide bonds. The summed E-state index contributed by atoms with van der Waals surface area (Å²) < 4.78 is 48.0. The van der Waals surface area contributed by atoms with Crippen molar-refractivity contribution in [3.63, 3.8) is 0 Å². The third-order valence-electron chi connectivity index (χ3n) is 7.58. The third kappa shape index (κ3) is 3.89. The molecule has 0 bridgehead atoms. The molecule has 1 fully saturated rings. The Labute approximate surface area is 213 Å². The highest BCUT2D eigenvalue weighted by Gasteiger charge is 2.52. The van der Waals surface area contributed by atoms with Crippen molar-refractivity contribution in [3.05, 3.63) is 71.0 Å². The van der Waals surface area contributed by atoms with Gasteiger partial charge in [-0.05, 0) is 65.2 Å². The standard InChI is InChI=1S/C28H28FNO7/c1-32-22-8-14(9-23(33-2)27(22)31)24-17-10-20-21(37-13-36-20)11-18(17)26(19-12-35-28(34-3)25(19)24)30-16-6-4-15(29)5-7-16/h4-11,19,24-26,28,30-31H,12-13H2,1-3H3/t19-,24+,25-,26+,28+/m0/s1. The van der Waals surface area contributed by atoms with Crippen molar-refractivity contribution in [3.8, 4) is 28.7 Å². The first-order valence-electron chi connectivity index (χ1n) is 12.1. The Morgan fingerprint density at radius 1 is 0.919 bits per heavy atom. The van der Waals surface area contributed by atoms with Gasteiger partial charge in [-0.3, -0.25) is 0 Å². The monoisotopic (exact) mass is 509 g/mol. The maximum atomic E-state index is 13.6. The normalized spacial score (nSPS) is 25.4. The van der Waals surface area contributed by atoms with Gasteiger partial charge in [-0.15, -0.1) is 0 Å². The van der Waals surface area contributed by atoms with Gasteiger partial charge in [-0.2, -0.15) is 0 Å². The molecule has 8 nitrogen and oxygen atoms in total. The largest absolute Gasteiger partial charge is 0.502 e. The van der Waals surface area contributed by atoms with E-state index in [0.717, 1.165) is 22.4 Å². The van der Waals surface area contributed by atoms with Gasteiger partial charge in [-0.25, -0.2) is 4.39 Å². The number of rotatable bonds is 6. The number of nitrogens with one attached hydrogen (secondary N) is 1. The van der Waals surface area contributed by atoms with Crippen LogP contribution in [0.5, 0.6) is 28.7 Å². The zero-order valence-corrected chi connectivity index (χ0v) is 20.7. The highest BCUT2D eigenvalue weighted by Crippen LogP contribution is 2.57. The van der Waals surface area contributed by atoms with E-state index in [4.69, 9.17) is 28.4 Å². The average Bonchev–Trinajstić information content (AvgIpc) is 3.56. The van der Waals surface area contributed by atoms with E-state index in [1.54, 1.807) is 19.2 Å². The summed E-state index contributed by atoms with van der Waals surface area (Å²) in [5.74, 6) is 1.30. The summed E-state index contributed by atoms with van der Waals surface area (Å²) in [6.45, 7) is 0.606. The van der Waals surface area contributed by atoms with Crippen LogP contribution in [0.25, 0.3) is 0 Å². The molecule has 6 rings (SSSR count). The molecule has 0 spiro atoms. The van der Waals surface area contributed by atoms with Crippen molar-refractivity contribution in [2.75, 3.05) is 40.0 Å². The lowest BCUT2D eigenvalue weighted by Crippen LogP contribution is -2.39. The molecule has 3 aromatic rings. The van der Waals surface area contributed by atoms with Gasteiger partial charge in [0.05, 0.1) is 26.9 Å². The van der Waals surface area contributed by atoms with E-state index in [-0.39, 0.29) is 42.2 Å². The van der Waals surface area contributed by atoms with Gasteiger partial charge < -0.3 is 38.8 Å². The van der Waals surface area contributed by atoms with Crippen LogP contribution in [0.3, 0.4) is 0 Å². The average molecular weight is 510 g/mol. The topological polar surface area (TPSA) is 87.6 Å². The Hall–Kier alpha value is -3.69. The quantitative estimate of drug-likeness (QED) is 0.490. The van der Waals surface area contributed by atoms with Crippen LogP contribution in [0, 0.1) is 17.7 Å². The molecular formula is C28H28FNO7. The molecule has 2 aliphatic heterocycles. The second-order valence-electron chi connectivity index (χ2n) is 9.39. The summed E-state index contributed by atoms with van der Waals surface area (Å²) >= 11 is 0. The van der Waals surface area contributed by atoms with Crippen LogP contribution < -0.4 is 24.3 Å². The first-order chi connectivity index (χ1) is 18.0. The number of fused-ring (bicyclic) bond motifs is 3. The Morgan fingerprint density at radius 3 is 2.19 bits per heavy atom. The number of methoxy groups -OCH3 is 3. The molecule has 9 heteroatoms. The predicted octanol–water partition coefficient (Wildman–Crippen LogP) is 4.81. The number of halogens is 1. The maximum Gasteiger partial charge on any atom is 0.231 e. The zero-order valence-electron chi connectivity index (χ0n) is 20.7. The van der Waals surface area contributed by atoms with E-state index in [9.17, 15) is 9.50 Å². The molecule has 2 N–H and O–H groups in total. The van der Waals surface area contributed by atoms with Crippen molar-refractivity contribution < 1.29 is 37.9 Å². The molecule has 5 atom stereocenters. The molecule has 0 unspecified atom stereocenters. The van der Waals surface area contributed by atoms with E-state index in [2.05, 4.69) is 5.32 Å². The highest BCUT2D eigenvalue weighted by molar-refractivity contribution is 5.60. The number of hydrogen-bond acceptors (Lipinski definition) is 8. The fourth-order valence-corrected chi connectivity index (χ4v) is 5.93. The first kappa shape index (κ1) is 23.7. The Kier molecular flexibility index (Phi) is 5.97. The van der Waals surface area contributed by atoms with Crippen LogP contribution in [0.15, 0.2) is 48.5 Å². The van der Waals surface area contributed by atoms with E-state index >= 15 is 0 Å². The van der Waals surface area contributed by atoms with Crippen molar-refractivity contribution >= 4 is 5.69 Å². The molecule has 3 aliphatic rings. The number of ether oxygens (including phenoxy) is 6. The number of phenols is 1. The van der Waals surface area contributed by atoms with E-state index in [0.29, 0.717) is 29.6 Å². The van der Waals surface area contributed by atoms with Crippen LogP contribution in [0.1, 0.15) is 28.7 Å². The summed E-state index contributed by atoms with van der Waals surface area (Å²) in [7, 11) is 4.65. The zero-order chi connectivity index (χ0) is 25.7. The van der Waals surface area contributed by atoms with Crippen LogP contribution in [0.4, 0.5) is 10.1 Å². The van der Waals surface area contributed by atoms with Gasteiger partial charge in [0.1, 0.15) is 5.82 Å². The predicted molar refractivity (Wildman–Crippen MR) is 132 cm³/mol. The fourth-order valence-electron chi connectivity index (χ4n) is 5.93. The van der Waals surface area contributed by atoms with Crippen LogP contribution >= 0.6 is 0 Å². The number of anilines is 1. The lowest BCUT2D eigenvalue weighted by atomic mass is 9.65. The van der Waals surface area contributed by atoms with E-state index in [1.807, 2.05) is 24.3 Å². The molecule has 0 saturated carbocycles. The summed E-state index contributed by atoms with van der Waals surface area (Å²) in [5.41, 5.74) is 3.70. The minimum absolute atomic E-state index is 0.00123. The molecule has 0 radical (unpaired) electrons. The summed E-state index contributed by atoms with van der Waals surface area (Å²) in [4.78, 5) is 0. The lowest BCUT2D eigenvalue weighted by molar-refractivity contribution is -0.113. The summed E-state index contributed by atoms with van der Waals surface area (Å²) in [5, 5.41) is 14.2. The Balaban J connectivity index is 1.55. The first-order valence-corrected chi connectivity index (χ1v) is 12.1. The third-order valence-corrected chi connectivity index (χ3v) is 7.58. The van der Waals surface area contributed by atoms with Gasteiger partial charge in [0.2, 0.25) is 12.5 Å². The summed E-state index contributed by atoms with van der Waals surface area (Å²) in [6, 6.07) is 13.8. The SMILES string of the molecule is COc1cc([C@@H]2c3cc4c(cc3[C@@H](Nc3ccc(F)cc3)[C@H]3CO[C@@H](OC)[C@H]23)OCO4)cc(OC)c1O. The van der Waals surface area contributed by atoms with Gasteiger partial charge in [0.15, 0.2) is 29.3 Å². The molecule has 1 saturated heterocycles. The highest BCUT2D eigenvalue weighted by atomic mass is 19.1. The van der Waals surface area contributed by atoms with E-state index in [1.165, 1.54) is 26.4 Å². The van der Waals surface area contributed by atoms with E-state index < -0.39 is 6.29 Å². The van der Waals surface area contributed by atoms with Crippen molar-refractivity contribution in [1.82, 2.24) is 0 Å². The maximum absolute atomic E-state index is 13.6. The lowest BCUT2D eigenvalue weighted by Gasteiger charge is -2.42.